The van der Waals surface area contributed by atoms with E-state index in [0.717, 1.165) is 24.5 Å². The molecule has 2 aromatic carbocycles. The fraction of sp³-hybridized carbons (Fsp3) is 0.273. The van der Waals surface area contributed by atoms with Gasteiger partial charge in [-0.25, -0.2) is 4.98 Å². The fourth-order valence-corrected chi connectivity index (χ4v) is 3.82. The van der Waals surface area contributed by atoms with Crippen LogP contribution < -0.4 is 4.90 Å². The Morgan fingerprint density at radius 3 is 2.18 bits per heavy atom. The number of carboxylic acid groups (broad SMARTS) is 1. The number of aliphatic carboxylic acids is 1. The number of nitrogens with zero attached hydrogens (tertiary/aromatic N) is 4. The Morgan fingerprint density at radius 1 is 0.964 bits per heavy atom. The van der Waals surface area contributed by atoms with Crippen molar-refractivity contribution in [2.75, 3.05) is 31.1 Å². The van der Waals surface area contributed by atoms with Crippen LogP contribution in [0.2, 0.25) is 0 Å². The first-order chi connectivity index (χ1) is 13.6. The van der Waals surface area contributed by atoms with Crippen LogP contribution in [0.25, 0.3) is 11.4 Å². The molecule has 1 aliphatic heterocycles. The maximum atomic E-state index is 12.1. The molecular formula is C22H24N4O2. The van der Waals surface area contributed by atoms with Gasteiger partial charge in [0.05, 0.1) is 5.69 Å². The lowest BCUT2D eigenvalue weighted by atomic mass is 10.1. The first kappa shape index (κ1) is 18.3. The highest BCUT2D eigenvalue weighted by molar-refractivity contribution is 5.75. The predicted molar refractivity (Wildman–Crippen MR) is 109 cm³/mol. The number of aryl methyl sites for hydroxylation is 1. The van der Waals surface area contributed by atoms with Gasteiger partial charge in [-0.3, -0.25) is 9.69 Å². The summed E-state index contributed by atoms with van der Waals surface area (Å²) in [5, 5.41) is 9.93. The van der Waals surface area contributed by atoms with Crippen molar-refractivity contribution >= 4 is 11.7 Å². The Bertz CT molecular complexity index is 932. The molecule has 0 radical (unpaired) electrons. The van der Waals surface area contributed by atoms with Crippen LogP contribution in [0.1, 0.15) is 11.7 Å². The monoisotopic (exact) mass is 376 g/mol. The van der Waals surface area contributed by atoms with Crippen LogP contribution in [0.5, 0.6) is 0 Å². The van der Waals surface area contributed by atoms with Crippen molar-refractivity contribution in [1.29, 1.82) is 0 Å². The number of carboxylic acids is 1. The minimum absolute atomic E-state index is 0.585. The Kier molecular flexibility index (Phi) is 5.12. The molecule has 0 spiro atoms. The Labute approximate surface area is 164 Å². The van der Waals surface area contributed by atoms with Crippen molar-refractivity contribution in [3.8, 4) is 11.4 Å². The highest BCUT2D eigenvalue weighted by Crippen LogP contribution is 2.27. The van der Waals surface area contributed by atoms with Gasteiger partial charge in [-0.2, -0.15) is 0 Å². The molecule has 28 heavy (non-hydrogen) atoms. The minimum atomic E-state index is -0.856. The summed E-state index contributed by atoms with van der Waals surface area (Å²) in [4.78, 5) is 21.1. The van der Waals surface area contributed by atoms with Gasteiger partial charge in [-0.1, -0.05) is 48.5 Å². The summed E-state index contributed by atoms with van der Waals surface area (Å²) in [5.41, 5.74) is 2.74. The van der Waals surface area contributed by atoms with Gasteiger partial charge >= 0.3 is 5.97 Å². The SMILES string of the molecule is Cn1cc(C(C(=O)O)N2CCN(c3ccccc3)CC2)nc1-c1ccccc1. The second-order valence-electron chi connectivity index (χ2n) is 7.07. The van der Waals surface area contributed by atoms with Gasteiger partial charge in [0.15, 0.2) is 6.04 Å². The lowest BCUT2D eigenvalue weighted by Gasteiger charge is -2.38. The summed E-state index contributed by atoms with van der Waals surface area (Å²) in [7, 11) is 1.91. The van der Waals surface area contributed by atoms with E-state index >= 15 is 0 Å². The van der Waals surface area contributed by atoms with E-state index in [1.54, 1.807) is 0 Å². The normalized spacial score (nSPS) is 16.1. The van der Waals surface area contributed by atoms with Crippen LogP contribution in [-0.4, -0.2) is 51.7 Å². The van der Waals surface area contributed by atoms with Crippen LogP contribution in [0.4, 0.5) is 5.69 Å². The van der Waals surface area contributed by atoms with Gasteiger partial charge in [0, 0.05) is 50.7 Å². The number of para-hydroxylation sites is 1. The van der Waals surface area contributed by atoms with E-state index < -0.39 is 12.0 Å². The van der Waals surface area contributed by atoms with E-state index in [0.29, 0.717) is 18.8 Å². The third-order valence-corrected chi connectivity index (χ3v) is 5.24. The first-order valence-electron chi connectivity index (χ1n) is 9.49. The number of hydrogen-bond donors (Lipinski definition) is 1. The average molecular weight is 376 g/mol. The number of benzene rings is 2. The molecule has 0 amide bonds. The average Bonchev–Trinajstić information content (AvgIpc) is 3.11. The minimum Gasteiger partial charge on any atom is -0.480 e. The summed E-state index contributed by atoms with van der Waals surface area (Å²) in [6.45, 7) is 2.96. The smallest absolute Gasteiger partial charge is 0.327 e. The van der Waals surface area contributed by atoms with E-state index in [2.05, 4.69) is 22.0 Å². The molecule has 0 saturated carbocycles. The van der Waals surface area contributed by atoms with Crippen LogP contribution in [0, 0.1) is 0 Å². The van der Waals surface area contributed by atoms with E-state index in [1.165, 1.54) is 5.69 Å². The second kappa shape index (κ2) is 7.86. The van der Waals surface area contributed by atoms with E-state index in [4.69, 9.17) is 0 Å². The summed E-state index contributed by atoms with van der Waals surface area (Å²) in [5.74, 6) is -0.0735. The second-order valence-corrected chi connectivity index (χ2v) is 7.07. The predicted octanol–water partition coefficient (Wildman–Crippen LogP) is 3.04. The van der Waals surface area contributed by atoms with Gasteiger partial charge in [0.2, 0.25) is 0 Å². The summed E-state index contributed by atoms with van der Waals surface area (Å²) in [6, 6.07) is 19.4. The van der Waals surface area contributed by atoms with Gasteiger partial charge in [0.25, 0.3) is 0 Å². The van der Waals surface area contributed by atoms with Crippen molar-refractivity contribution in [2.24, 2.45) is 7.05 Å². The third-order valence-electron chi connectivity index (χ3n) is 5.24. The molecule has 1 fully saturated rings. The van der Waals surface area contributed by atoms with Crippen molar-refractivity contribution in [2.45, 2.75) is 6.04 Å². The lowest BCUT2D eigenvalue weighted by Crippen LogP contribution is -2.49. The summed E-state index contributed by atoms with van der Waals surface area (Å²) < 4.78 is 1.90. The van der Waals surface area contributed by atoms with Gasteiger partial charge in [-0.05, 0) is 12.1 Å². The highest BCUT2D eigenvalue weighted by Gasteiger charge is 2.32. The van der Waals surface area contributed by atoms with Gasteiger partial charge < -0.3 is 14.6 Å². The molecule has 1 atom stereocenters. The number of carbonyl (C=O) groups is 1. The van der Waals surface area contributed by atoms with Crippen LogP contribution in [-0.2, 0) is 11.8 Å². The lowest BCUT2D eigenvalue weighted by molar-refractivity contribution is -0.143. The highest BCUT2D eigenvalue weighted by atomic mass is 16.4. The molecule has 0 bridgehead atoms. The first-order valence-corrected chi connectivity index (χ1v) is 9.49. The Hall–Kier alpha value is -3.12. The number of aromatic nitrogens is 2. The number of rotatable bonds is 5. The molecule has 4 rings (SSSR count). The summed E-state index contributed by atoms with van der Waals surface area (Å²) >= 11 is 0. The molecule has 1 saturated heterocycles. The molecule has 3 aromatic rings. The zero-order valence-electron chi connectivity index (χ0n) is 15.9. The van der Waals surface area contributed by atoms with Gasteiger partial charge in [-0.15, -0.1) is 0 Å². The number of imidazole rings is 1. The van der Waals surface area contributed by atoms with Crippen LogP contribution in [0.3, 0.4) is 0 Å². The molecule has 1 unspecified atom stereocenters. The number of anilines is 1. The van der Waals surface area contributed by atoms with Crippen molar-refractivity contribution < 1.29 is 9.90 Å². The molecule has 2 heterocycles. The fourth-order valence-electron chi connectivity index (χ4n) is 3.82. The Morgan fingerprint density at radius 2 is 1.57 bits per heavy atom. The van der Waals surface area contributed by atoms with Crippen LogP contribution in [0.15, 0.2) is 66.9 Å². The molecule has 144 valence electrons. The topological polar surface area (TPSA) is 61.6 Å². The number of piperazine rings is 1. The van der Waals surface area contributed by atoms with Crippen molar-refractivity contribution in [3.63, 3.8) is 0 Å². The molecule has 1 aliphatic rings. The quantitative estimate of drug-likeness (QED) is 0.742. The molecular weight excluding hydrogens is 352 g/mol. The van der Waals surface area contributed by atoms with E-state index in [1.807, 2.05) is 71.2 Å². The van der Waals surface area contributed by atoms with Crippen molar-refractivity contribution in [3.05, 3.63) is 72.6 Å². The maximum Gasteiger partial charge on any atom is 0.327 e. The van der Waals surface area contributed by atoms with E-state index in [9.17, 15) is 9.90 Å². The molecule has 6 nitrogen and oxygen atoms in total. The number of hydrogen-bond acceptors (Lipinski definition) is 4. The standard InChI is InChI=1S/C22H24N4O2/c1-24-16-19(23-21(24)17-8-4-2-5-9-17)20(22(27)28)26-14-12-25(13-15-26)18-10-6-3-7-11-18/h2-11,16,20H,12-15H2,1H3,(H,27,28). The molecule has 1 N–H and O–H groups in total. The third kappa shape index (κ3) is 3.64. The zero-order valence-corrected chi connectivity index (χ0v) is 15.9. The Balaban J connectivity index is 1.54. The zero-order chi connectivity index (χ0) is 19.5. The van der Waals surface area contributed by atoms with Crippen molar-refractivity contribution in [1.82, 2.24) is 14.5 Å². The van der Waals surface area contributed by atoms with Crippen LogP contribution >= 0.6 is 0 Å². The van der Waals surface area contributed by atoms with E-state index in [-0.39, 0.29) is 0 Å². The molecule has 1 aromatic heterocycles. The molecule has 6 heteroatoms. The van der Waals surface area contributed by atoms with Gasteiger partial charge in [0.1, 0.15) is 5.82 Å². The maximum absolute atomic E-state index is 12.1. The summed E-state index contributed by atoms with van der Waals surface area (Å²) in [6.07, 6.45) is 1.84. The molecule has 0 aliphatic carbocycles. The largest absolute Gasteiger partial charge is 0.480 e.